The van der Waals surface area contributed by atoms with Gasteiger partial charge in [-0.15, -0.1) is 0 Å². The molecule has 0 aromatic rings. The smallest absolute Gasteiger partial charge is 0.0379 e. The Morgan fingerprint density at radius 3 is 3.33 bits per heavy atom. The van der Waals surface area contributed by atoms with Crippen LogP contribution in [0, 0.1) is 0 Å². The molecule has 1 N–H and O–H groups in total. The maximum absolute atomic E-state index is 3.42. The van der Waals surface area contributed by atoms with Crippen LogP contribution in [0.4, 0.5) is 0 Å². The highest BCUT2D eigenvalue weighted by Crippen LogP contribution is 2.35. The summed E-state index contributed by atoms with van der Waals surface area (Å²) in [6, 6.07) is 0. The molecule has 0 fully saturated rings. The Hall–Kier alpha value is -1.24. The van der Waals surface area contributed by atoms with Crippen LogP contribution in [-0.4, -0.2) is 6.54 Å². The molecular formula is C11H11N. The molecule has 2 bridgehead atoms. The predicted octanol–water partition coefficient (Wildman–Crippen LogP) is 2.06. The van der Waals surface area contributed by atoms with Crippen molar-refractivity contribution >= 4 is 0 Å². The van der Waals surface area contributed by atoms with Crippen LogP contribution < -0.4 is 5.32 Å². The summed E-state index contributed by atoms with van der Waals surface area (Å²) < 4.78 is 0. The van der Waals surface area contributed by atoms with E-state index in [2.05, 4.69) is 29.6 Å². The zero-order valence-corrected chi connectivity index (χ0v) is 6.93. The van der Waals surface area contributed by atoms with Gasteiger partial charge in [0, 0.05) is 12.2 Å². The molecule has 0 saturated carbocycles. The minimum Gasteiger partial charge on any atom is -0.384 e. The fourth-order valence-electron chi connectivity index (χ4n) is 2.15. The SMILES string of the molecule is C1=CC2=CC3=C(CCN3)C(=C1)C2. The van der Waals surface area contributed by atoms with E-state index in [4.69, 9.17) is 0 Å². The lowest BCUT2D eigenvalue weighted by atomic mass is 9.87. The van der Waals surface area contributed by atoms with Gasteiger partial charge in [-0.3, -0.25) is 0 Å². The summed E-state index contributed by atoms with van der Waals surface area (Å²) in [4.78, 5) is 0. The van der Waals surface area contributed by atoms with Crippen LogP contribution in [0.3, 0.4) is 0 Å². The average Bonchev–Trinajstić information content (AvgIpc) is 2.53. The Kier molecular flexibility index (Phi) is 1.12. The molecule has 0 amide bonds. The lowest BCUT2D eigenvalue weighted by Gasteiger charge is -2.18. The van der Waals surface area contributed by atoms with Gasteiger partial charge in [0.05, 0.1) is 0 Å². The summed E-state index contributed by atoms with van der Waals surface area (Å²) in [6.45, 7) is 1.12. The van der Waals surface area contributed by atoms with Gasteiger partial charge in [-0.2, -0.15) is 0 Å². The van der Waals surface area contributed by atoms with E-state index in [0.717, 1.165) is 13.0 Å². The Morgan fingerprint density at radius 1 is 1.33 bits per heavy atom. The summed E-state index contributed by atoms with van der Waals surface area (Å²) in [6.07, 6.45) is 11.3. The van der Waals surface area contributed by atoms with Crippen molar-refractivity contribution in [3.05, 3.63) is 46.7 Å². The maximum Gasteiger partial charge on any atom is 0.0379 e. The van der Waals surface area contributed by atoms with Crippen LogP contribution >= 0.6 is 0 Å². The van der Waals surface area contributed by atoms with Crippen molar-refractivity contribution in [2.24, 2.45) is 0 Å². The van der Waals surface area contributed by atoms with Crippen molar-refractivity contribution in [2.75, 3.05) is 6.54 Å². The molecular weight excluding hydrogens is 146 g/mol. The van der Waals surface area contributed by atoms with E-state index in [9.17, 15) is 0 Å². The number of hydrogen-bond acceptors (Lipinski definition) is 1. The van der Waals surface area contributed by atoms with E-state index in [-0.39, 0.29) is 0 Å². The lowest BCUT2D eigenvalue weighted by molar-refractivity contribution is 0.888. The fraction of sp³-hybridized carbons (Fsp3) is 0.273. The second kappa shape index (κ2) is 2.13. The second-order valence-corrected chi connectivity index (χ2v) is 3.52. The number of fused-ring (bicyclic) bond motifs is 3. The second-order valence-electron chi connectivity index (χ2n) is 3.52. The number of nitrogens with one attached hydrogen (secondary N) is 1. The van der Waals surface area contributed by atoms with Crippen molar-refractivity contribution in [1.82, 2.24) is 5.32 Å². The van der Waals surface area contributed by atoms with Crippen LogP contribution in [0.25, 0.3) is 0 Å². The molecule has 12 heavy (non-hydrogen) atoms. The lowest BCUT2D eigenvalue weighted by Crippen LogP contribution is -2.08. The fourth-order valence-corrected chi connectivity index (χ4v) is 2.15. The summed E-state index contributed by atoms with van der Waals surface area (Å²) in [5, 5.41) is 3.42. The van der Waals surface area contributed by atoms with Gasteiger partial charge in [0.2, 0.25) is 0 Å². The van der Waals surface area contributed by atoms with Gasteiger partial charge in [0.1, 0.15) is 0 Å². The zero-order chi connectivity index (χ0) is 7.97. The number of allylic oxidation sites excluding steroid dienone is 6. The van der Waals surface area contributed by atoms with Crippen LogP contribution in [0.1, 0.15) is 12.8 Å². The van der Waals surface area contributed by atoms with E-state index in [1.54, 1.807) is 5.57 Å². The van der Waals surface area contributed by atoms with E-state index in [1.165, 1.54) is 23.3 Å². The van der Waals surface area contributed by atoms with Gasteiger partial charge in [0.15, 0.2) is 0 Å². The Balaban J connectivity index is 2.18. The summed E-state index contributed by atoms with van der Waals surface area (Å²) in [7, 11) is 0. The highest BCUT2D eigenvalue weighted by Gasteiger charge is 2.21. The zero-order valence-electron chi connectivity index (χ0n) is 6.93. The van der Waals surface area contributed by atoms with Crippen LogP contribution in [-0.2, 0) is 0 Å². The molecule has 60 valence electrons. The number of rotatable bonds is 0. The van der Waals surface area contributed by atoms with Crippen molar-refractivity contribution < 1.29 is 0 Å². The molecule has 3 rings (SSSR count). The topological polar surface area (TPSA) is 12.0 Å². The monoisotopic (exact) mass is 157 g/mol. The molecule has 0 spiro atoms. The van der Waals surface area contributed by atoms with Crippen molar-refractivity contribution in [1.29, 1.82) is 0 Å². The highest BCUT2D eigenvalue weighted by atomic mass is 14.9. The van der Waals surface area contributed by atoms with E-state index in [1.807, 2.05) is 0 Å². The van der Waals surface area contributed by atoms with Crippen LogP contribution in [0.2, 0.25) is 0 Å². The van der Waals surface area contributed by atoms with Crippen LogP contribution in [0.15, 0.2) is 46.7 Å². The normalized spacial score (nSPS) is 24.7. The molecule has 1 aliphatic heterocycles. The average molecular weight is 157 g/mol. The quantitative estimate of drug-likeness (QED) is 0.567. The third-order valence-electron chi connectivity index (χ3n) is 2.74. The van der Waals surface area contributed by atoms with Crippen LogP contribution in [0.5, 0.6) is 0 Å². The largest absolute Gasteiger partial charge is 0.384 e. The van der Waals surface area contributed by atoms with Gasteiger partial charge in [-0.25, -0.2) is 0 Å². The van der Waals surface area contributed by atoms with Gasteiger partial charge in [-0.05, 0) is 35.6 Å². The third kappa shape index (κ3) is 0.737. The van der Waals surface area contributed by atoms with E-state index in [0.29, 0.717) is 0 Å². The van der Waals surface area contributed by atoms with Gasteiger partial charge < -0.3 is 5.32 Å². The minimum absolute atomic E-state index is 1.12. The molecule has 1 heterocycles. The van der Waals surface area contributed by atoms with Crippen molar-refractivity contribution in [3.63, 3.8) is 0 Å². The minimum atomic E-state index is 1.12. The highest BCUT2D eigenvalue weighted by molar-refractivity contribution is 5.55. The molecule has 0 aromatic carbocycles. The molecule has 3 aliphatic rings. The number of hydrogen-bond donors (Lipinski definition) is 1. The van der Waals surface area contributed by atoms with Gasteiger partial charge >= 0.3 is 0 Å². The van der Waals surface area contributed by atoms with Gasteiger partial charge in [0.25, 0.3) is 0 Å². The maximum atomic E-state index is 3.42. The van der Waals surface area contributed by atoms with E-state index < -0.39 is 0 Å². The first kappa shape index (κ1) is 6.30. The Labute approximate surface area is 72.2 Å². The summed E-state index contributed by atoms with van der Waals surface area (Å²) in [5.41, 5.74) is 5.88. The first-order chi connectivity index (χ1) is 5.93. The van der Waals surface area contributed by atoms with E-state index >= 15 is 0 Å². The summed E-state index contributed by atoms with van der Waals surface area (Å²) >= 11 is 0. The van der Waals surface area contributed by atoms with Crippen molar-refractivity contribution in [2.45, 2.75) is 12.8 Å². The summed E-state index contributed by atoms with van der Waals surface area (Å²) in [5.74, 6) is 0. The Bertz CT molecular complexity index is 353. The van der Waals surface area contributed by atoms with Gasteiger partial charge in [-0.1, -0.05) is 18.2 Å². The molecule has 2 aliphatic carbocycles. The molecule has 0 saturated heterocycles. The molecule has 0 radical (unpaired) electrons. The molecule has 0 atom stereocenters. The molecule has 0 unspecified atom stereocenters. The molecule has 1 heteroatoms. The van der Waals surface area contributed by atoms with Crippen molar-refractivity contribution in [3.8, 4) is 0 Å². The first-order valence-electron chi connectivity index (χ1n) is 4.49. The first-order valence-corrected chi connectivity index (χ1v) is 4.49. The predicted molar refractivity (Wildman–Crippen MR) is 49.6 cm³/mol. The standard InChI is InChI=1S/C11H11N/c1-2-8-6-9(3-1)10-4-5-12-11(10)7-8/h1-3,7,12H,4-6H2. The Morgan fingerprint density at radius 2 is 2.33 bits per heavy atom. The molecule has 0 aromatic heterocycles. The molecule has 1 nitrogen and oxygen atoms in total. The third-order valence-corrected chi connectivity index (χ3v) is 2.74.